The Bertz CT molecular complexity index is 403. The zero-order valence-electron chi connectivity index (χ0n) is 12.6. The number of rotatable bonds is 7. The van der Waals surface area contributed by atoms with Gasteiger partial charge in [0.05, 0.1) is 12.6 Å². The number of ether oxygens (including phenoxy) is 1. The molecule has 0 fully saturated rings. The first-order chi connectivity index (χ1) is 9.69. The molecule has 0 aliphatic rings. The van der Waals surface area contributed by atoms with Crippen LogP contribution in [0.15, 0.2) is 29.3 Å². The van der Waals surface area contributed by atoms with Gasteiger partial charge in [0.15, 0.2) is 0 Å². The van der Waals surface area contributed by atoms with Gasteiger partial charge in [-0.3, -0.25) is 5.43 Å². The van der Waals surface area contributed by atoms with Gasteiger partial charge < -0.3 is 10.1 Å². The maximum absolute atomic E-state index is 5.48. The largest absolute Gasteiger partial charge is 0.382 e. The molecular weight excluding hydrogens is 252 g/mol. The first-order valence-electron chi connectivity index (χ1n) is 7.09. The van der Waals surface area contributed by atoms with E-state index in [1.54, 1.807) is 7.11 Å². The van der Waals surface area contributed by atoms with E-state index in [1.165, 1.54) is 18.4 Å². The molecule has 1 rings (SSSR count). The molecule has 4 N–H and O–H groups in total. The predicted molar refractivity (Wildman–Crippen MR) is 84.8 cm³/mol. The Hall–Kier alpha value is -1.59. The molecule has 1 aromatic rings. The number of methoxy groups -OCH3 is 1. The van der Waals surface area contributed by atoms with E-state index in [2.05, 4.69) is 34.8 Å². The third kappa shape index (κ3) is 6.04. The van der Waals surface area contributed by atoms with Crippen LogP contribution in [0, 0.1) is 0 Å². The van der Waals surface area contributed by atoms with Gasteiger partial charge in [-0.05, 0) is 37.5 Å². The van der Waals surface area contributed by atoms with Crippen LogP contribution in [0.1, 0.15) is 32.3 Å². The summed E-state index contributed by atoms with van der Waals surface area (Å²) in [6.45, 7) is 4.73. The Morgan fingerprint density at radius 3 is 2.60 bits per heavy atom. The van der Waals surface area contributed by atoms with Gasteiger partial charge in [0, 0.05) is 12.8 Å². The molecule has 5 heteroatoms. The fourth-order valence-electron chi connectivity index (χ4n) is 1.88. The number of nitrogens with zero attached hydrogens (tertiary/aromatic N) is 1. The summed E-state index contributed by atoms with van der Waals surface area (Å²) in [6.07, 6.45) is 3.56. The fraction of sp³-hybridized carbons (Fsp3) is 0.533. The van der Waals surface area contributed by atoms with Crippen LogP contribution in [-0.2, 0) is 11.2 Å². The highest BCUT2D eigenvalue weighted by Crippen LogP contribution is 2.11. The highest BCUT2D eigenvalue weighted by atomic mass is 16.5. The van der Waals surface area contributed by atoms with Gasteiger partial charge in [-0.15, -0.1) is 0 Å². The Morgan fingerprint density at radius 2 is 2.05 bits per heavy atom. The van der Waals surface area contributed by atoms with Crippen LogP contribution in [0.2, 0.25) is 0 Å². The number of benzene rings is 1. The average molecular weight is 278 g/mol. The number of aryl methyl sites for hydroxylation is 1. The lowest BCUT2D eigenvalue weighted by Crippen LogP contribution is -2.37. The molecule has 5 nitrogen and oxygen atoms in total. The van der Waals surface area contributed by atoms with Gasteiger partial charge in [-0.2, -0.15) is 0 Å². The van der Waals surface area contributed by atoms with E-state index >= 15 is 0 Å². The van der Waals surface area contributed by atoms with E-state index in [9.17, 15) is 0 Å². The number of hydrogen-bond donors (Lipinski definition) is 3. The number of hydrazine groups is 1. The second kappa shape index (κ2) is 9.34. The number of nitrogens with two attached hydrogens (primary N) is 1. The lowest BCUT2D eigenvalue weighted by Gasteiger charge is -2.12. The maximum atomic E-state index is 5.48. The zero-order valence-corrected chi connectivity index (χ0v) is 12.6. The smallest absolute Gasteiger partial charge is 0.210 e. The molecule has 0 saturated heterocycles. The predicted octanol–water partition coefficient (Wildman–Crippen LogP) is 2.30. The number of nitrogens with one attached hydrogen (secondary N) is 2. The number of guanidine groups is 1. The summed E-state index contributed by atoms with van der Waals surface area (Å²) < 4.78 is 5.05. The first kappa shape index (κ1) is 16.5. The minimum Gasteiger partial charge on any atom is -0.382 e. The summed E-state index contributed by atoms with van der Waals surface area (Å²) in [5.41, 5.74) is 4.89. The second-order valence-corrected chi connectivity index (χ2v) is 4.85. The molecule has 0 aliphatic carbocycles. The van der Waals surface area contributed by atoms with Crippen molar-refractivity contribution in [3.05, 3.63) is 29.8 Å². The van der Waals surface area contributed by atoms with Crippen LogP contribution in [0.3, 0.4) is 0 Å². The van der Waals surface area contributed by atoms with E-state index in [-0.39, 0.29) is 6.04 Å². The molecule has 1 aromatic carbocycles. The molecule has 0 heterocycles. The summed E-state index contributed by atoms with van der Waals surface area (Å²) >= 11 is 0. The maximum Gasteiger partial charge on any atom is 0.210 e. The first-order valence-corrected chi connectivity index (χ1v) is 7.09. The van der Waals surface area contributed by atoms with Crippen molar-refractivity contribution >= 4 is 11.6 Å². The van der Waals surface area contributed by atoms with E-state index in [0.717, 1.165) is 12.1 Å². The molecule has 0 saturated carbocycles. The van der Waals surface area contributed by atoms with Crippen molar-refractivity contribution in [1.82, 2.24) is 5.43 Å². The van der Waals surface area contributed by atoms with Gasteiger partial charge in [-0.1, -0.05) is 25.5 Å². The van der Waals surface area contributed by atoms with Crippen molar-refractivity contribution in [1.29, 1.82) is 0 Å². The topological polar surface area (TPSA) is 71.7 Å². The molecule has 1 atom stereocenters. The summed E-state index contributed by atoms with van der Waals surface area (Å²) in [5, 5.41) is 3.16. The Morgan fingerprint density at radius 1 is 1.35 bits per heavy atom. The molecule has 0 bridgehead atoms. The Kier molecular flexibility index (Phi) is 7.69. The van der Waals surface area contributed by atoms with Crippen LogP contribution < -0.4 is 16.6 Å². The molecule has 0 amide bonds. The van der Waals surface area contributed by atoms with Crippen LogP contribution in [-0.4, -0.2) is 25.7 Å². The monoisotopic (exact) mass is 278 g/mol. The molecule has 0 spiro atoms. The molecule has 0 aliphatic heterocycles. The van der Waals surface area contributed by atoms with E-state index in [0.29, 0.717) is 12.6 Å². The number of unbranched alkanes of at least 4 members (excludes halogenated alkanes) is 1. The zero-order chi connectivity index (χ0) is 14.8. The van der Waals surface area contributed by atoms with Gasteiger partial charge in [0.2, 0.25) is 5.96 Å². The van der Waals surface area contributed by atoms with Crippen molar-refractivity contribution in [2.75, 3.05) is 19.0 Å². The summed E-state index contributed by atoms with van der Waals surface area (Å²) in [4.78, 5) is 4.40. The van der Waals surface area contributed by atoms with Crippen molar-refractivity contribution < 1.29 is 4.74 Å². The van der Waals surface area contributed by atoms with E-state index in [1.807, 2.05) is 19.1 Å². The molecule has 1 unspecified atom stereocenters. The summed E-state index contributed by atoms with van der Waals surface area (Å²) in [6, 6.07) is 8.38. The second-order valence-electron chi connectivity index (χ2n) is 4.85. The van der Waals surface area contributed by atoms with Crippen molar-refractivity contribution in [2.24, 2.45) is 10.8 Å². The van der Waals surface area contributed by atoms with Gasteiger partial charge >= 0.3 is 0 Å². The summed E-state index contributed by atoms with van der Waals surface area (Å²) in [5.74, 6) is 6.01. The van der Waals surface area contributed by atoms with Crippen LogP contribution >= 0.6 is 0 Å². The lowest BCUT2D eigenvalue weighted by molar-refractivity contribution is 0.185. The SMILES string of the molecule is CCCCc1ccc(NC(=NC(C)COC)NN)cc1. The average Bonchev–Trinajstić information content (AvgIpc) is 2.46. The van der Waals surface area contributed by atoms with E-state index < -0.39 is 0 Å². The molecule has 0 radical (unpaired) electrons. The van der Waals surface area contributed by atoms with Crippen LogP contribution in [0.5, 0.6) is 0 Å². The van der Waals surface area contributed by atoms with Crippen LogP contribution in [0.4, 0.5) is 5.69 Å². The Balaban J connectivity index is 2.61. The molecular formula is C15H26N4O. The highest BCUT2D eigenvalue weighted by molar-refractivity contribution is 5.93. The standard InChI is InChI=1S/C15H26N4O/c1-4-5-6-13-7-9-14(10-8-13)18-15(19-16)17-12(2)11-20-3/h7-10,12H,4-6,11,16H2,1-3H3,(H2,17,18,19). The highest BCUT2D eigenvalue weighted by Gasteiger charge is 2.03. The number of anilines is 1. The lowest BCUT2D eigenvalue weighted by atomic mass is 10.1. The Labute approximate surface area is 121 Å². The van der Waals surface area contributed by atoms with Gasteiger partial charge in [0.1, 0.15) is 0 Å². The molecule has 0 aromatic heterocycles. The fourth-order valence-corrected chi connectivity index (χ4v) is 1.88. The van der Waals surface area contributed by atoms with Gasteiger partial charge in [0.25, 0.3) is 0 Å². The van der Waals surface area contributed by atoms with E-state index in [4.69, 9.17) is 10.6 Å². The number of aliphatic imine (C=N–C) groups is 1. The third-order valence-corrected chi connectivity index (χ3v) is 2.93. The van der Waals surface area contributed by atoms with Crippen molar-refractivity contribution in [3.8, 4) is 0 Å². The third-order valence-electron chi connectivity index (χ3n) is 2.93. The summed E-state index contributed by atoms with van der Waals surface area (Å²) in [7, 11) is 1.66. The normalized spacial score (nSPS) is 13.1. The molecule has 112 valence electrons. The van der Waals surface area contributed by atoms with Crippen molar-refractivity contribution in [3.63, 3.8) is 0 Å². The van der Waals surface area contributed by atoms with Crippen molar-refractivity contribution in [2.45, 2.75) is 39.2 Å². The minimum atomic E-state index is 0.0439. The number of hydrogen-bond acceptors (Lipinski definition) is 3. The minimum absolute atomic E-state index is 0.0439. The quantitative estimate of drug-likeness (QED) is 0.310. The van der Waals surface area contributed by atoms with Gasteiger partial charge in [-0.25, -0.2) is 10.8 Å². The van der Waals surface area contributed by atoms with Crippen LogP contribution in [0.25, 0.3) is 0 Å². The molecule has 20 heavy (non-hydrogen) atoms.